The summed E-state index contributed by atoms with van der Waals surface area (Å²) in [5.41, 5.74) is 0.973. The van der Waals surface area contributed by atoms with Crippen LogP contribution in [-0.4, -0.2) is 4.98 Å². The average molecular weight is 214 g/mol. The maximum absolute atomic E-state index is 6.12. The molecule has 0 aliphatic rings. The van der Waals surface area contributed by atoms with Crippen LogP contribution in [0.15, 0.2) is 48.7 Å². The van der Waals surface area contributed by atoms with E-state index in [9.17, 15) is 0 Å². The van der Waals surface area contributed by atoms with Crippen molar-refractivity contribution in [2.45, 2.75) is 0 Å². The van der Waals surface area contributed by atoms with Crippen LogP contribution in [0, 0.1) is 0 Å². The zero-order valence-electron chi connectivity index (χ0n) is 7.94. The number of rotatable bonds is 0. The van der Waals surface area contributed by atoms with Crippen molar-refractivity contribution >= 4 is 33.3 Å². The molecule has 0 fully saturated rings. The van der Waals surface area contributed by atoms with E-state index in [1.807, 2.05) is 24.3 Å². The summed E-state index contributed by atoms with van der Waals surface area (Å²) in [5, 5.41) is 4.11. The molecule has 2 heteroatoms. The van der Waals surface area contributed by atoms with Gasteiger partial charge in [-0.2, -0.15) is 0 Å². The molecular formula is C13H8ClN. The van der Waals surface area contributed by atoms with E-state index in [0.717, 1.165) is 21.3 Å². The van der Waals surface area contributed by atoms with E-state index in [-0.39, 0.29) is 0 Å². The Morgan fingerprint density at radius 1 is 0.867 bits per heavy atom. The first kappa shape index (κ1) is 8.69. The summed E-state index contributed by atoms with van der Waals surface area (Å²) < 4.78 is 0. The van der Waals surface area contributed by atoms with Gasteiger partial charge in [-0.25, -0.2) is 0 Å². The van der Waals surface area contributed by atoms with E-state index in [1.54, 1.807) is 6.20 Å². The first-order valence-corrected chi connectivity index (χ1v) is 5.16. The molecule has 1 aromatic heterocycles. The van der Waals surface area contributed by atoms with Crippen LogP contribution < -0.4 is 0 Å². The maximum atomic E-state index is 6.12. The van der Waals surface area contributed by atoms with Gasteiger partial charge in [-0.1, -0.05) is 48.0 Å². The van der Waals surface area contributed by atoms with Gasteiger partial charge in [-0.3, -0.25) is 4.98 Å². The quantitative estimate of drug-likeness (QED) is 0.514. The third-order valence-corrected chi connectivity index (χ3v) is 2.91. The molecule has 0 bridgehead atoms. The highest BCUT2D eigenvalue weighted by molar-refractivity contribution is 6.36. The lowest BCUT2D eigenvalue weighted by atomic mass is 10.1. The molecule has 15 heavy (non-hydrogen) atoms. The number of aromatic nitrogens is 1. The van der Waals surface area contributed by atoms with Crippen molar-refractivity contribution in [3.05, 3.63) is 53.7 Å². The summed E-state index contributed by atoms with van der Waals surface area (Å²) in [6.45, 7) is 0. The second-order valence-electron chi connectivity index (χ2n) is 3.48. The van der Waals surface area contributed by atoms with E-state index in [2.05, 4.69) is 23.2 Å². The van der Waals surface area contributed by atoms with Crippen molar-refractivity contribution in [1.29, 1.82) is 0 Å². The fourth-order valence-corrected chi connectivity index (χ4v) is 2.06. The third kappa shape index (κ3) is 1.28. The van der Waals surface area contributed by atoms with Crippen molar-refractivity contribution in [3.63, 3.8) is 0 Å². The molecule has 1 heterocycles. The molecule has 3 aromatic rings. The van der Waals surface area contributed by atoms with Crippen molar-refractivity contribution in [2.24, 2.45) is 0 Å². The van der Waals surface area contributed by atoms with Gasteiger partial charge in [0, 0.05) is 17.0 Å². The van der Waals surface area contributed by atoms with Gasteiger partial charge in [0.05, 0.1) is 10.5 Å². The lowest BCUT2D eigenvalue weighted by molar-refractivity contribution is 1.43. The minimum absolute atomic E-state index is 0.755. The zero-order valence-corrected chi connectivity index (χ0v) is 8.70. The summed E-state index contributed by atoms with van der Waals surface area (Å²) in [5.74, 6) is 0. The summed E-state index contributed by atoms with van der Waals surface area (Å²) in [6, 6.07) is 14.1. The maximum Gasteiger partial charge on any atom is 0.0795 e. The predicted molar refractivity (Wildman–Crippen MR) is 64.3 cm³/mol. The number of pyridine rings is 1. The van der Waals surface area contributed by atoms with Gasteiger partial charge in [0.15, 0.2) is 0 Å². The summed E-state index contributed by atoms with van der Waals surface area (Å²) in [7, 11) is 0. The van der Waals surface area contributed by atoms with Crippen molar-refractivity contribution < 1.29 is 0 Å². The minimum Gasteiger partial charge on any atom is -0.255 e. The topological polar surface area (TPSA) is 12.9 Å². The highest BCUT2D eigenvalue weighted by atomic mass is 35.5. The second kappa shape index (κ2) is 3.21. The molecule has 0 saturated heterocycles. The molecule has 0 atom stereocenters. The molecule has 0 amide bonds. The Morgan fingerprint density at radius 3 is 2.67 bits per heavy atom. The first-order chi connectivity index (χ1) is 7.36. The Morgan fingerprint density at radius 2 is 1.73 bits per heavy atom. The van der Waals surface area contributed by atoms with Crippen LogP contribution in [0.25, 0.3) is 21.7 Å². The number of hydrogen-bond donors (Lipinski definition) is 0. The molecule has 2 aromatic carbocycles. The van der Waals surface area contributed by atoms with Gasteiger partial charge < -0.3 is 0 Å². The molecule has 0 unspecified atom stereocenters. The van der Waals surface area contributed by atoms with Crippen LogP contribution in [0.3, 0.4) is 0 Å². The monoisotopic (exact) mass is 213 g/mol. The second-order valence-corrected chi connectivity index (χ2v) is 3.88. The van der Waals surface area contributed by atoms with Gasteiger partial charge in [0.1, 0.15) is 0 Å². The van der Waals surface area contributed by atoms with E-state index >= 15 is 0 Å². The first-order valence-electron chi connectivity index (χ1n) is 4.78. The van der Waals surface area contributed by atoms with Crippen LogP contribution >= 0.6 is 11.6 Å². The predicted octanol–water partition coefficient (Wildman–Crippen LogP) is 4.04. The number of fused-ring (bicyclic) bond motifs is 3. The van der Waals surface area contributed by atoms with Crippen molar-refractivity contribution in [2.75, 3.05) is 0 Å². The van der Waals surface area contributed by atoms with Crippen LogP contribution in [-0.2, 0) is 0 Å². The number of benzene rings is 2. The molecule has 0 aliphatic heterocycles. The molecule has 3 rings (SSSR count). The number of nitrogens with zero attached hydrogens (tertiary/aromatic N) is 1. The number of hydrogen-bond acceptors (Lipinski definition) is 1. The van der Waals surface area contributed by atoms with Crippen LogP contribution in [0.1, 0.15) is 0 Å². The zero-order chi connectivity index (χ0) is 10.3. The average Bonchev–Trinajstić information content (AvgIpc) is 2.29. The molecule has 0 N–H and O–H groups in total. The Balaban J connectivity index is 2.60. The molecular weight excluding hydrogens is 206 g/mol. The summed E-state index contributed by atoms with van der Waals surface area (Å²) in [6.07, 6.45) is 1.75. The van der Waals surface area contributed by atoms with Crippen LogP contribution in [0.5, 0.6) is 0 Å². The normalized spacial score (nSPS) is 11.0. The Hall–Kier alpha value is -1.60. The van der Waals surface area contributed by atoms with E-state index in [4.69, 9.17) is 11.6 Å². The largest absolute Gasteiger partial charge is 0.255 e. The number of halogens is 1. The van der Waals surface area contributed by atoms with Crippen molar-refractivity contribution in [3.8, 4) is 0 Å². The van der Waals surface area contributed by atoms with Crippen LogP contribution in [0.4, 0.5) is 0 Å². The smallest absolute Gasteiger partial charge is 0.0795 e. The minimum atomic E-state index is 0.755. The molecule has 0 aliphatic carbocycles. The Bertz CT molecular complexity index is 646. The van der Waals surface area contributed by atoms with Gasteiger partial charge >= 0.3 is 0 Å². The van der Waals surface area contributed by atoms with E-state index < -0.39 is 0 Å². The summed E-state index contributed by atoms with van der Waals surface area (Å²) >= 11 is 6.12. The third-order valence-electron chi connectivity index (χ3n) is 2.58. The van der Waals surface area contributed by atoms with Gasteiger partial charge in [0.25, 0.3) is 0 Å². The Labute approximate surface area is 92.3 Å². The molecule has 0 saturated carbocycles. The van der Waals surface area contributed by atoms with E-state index in [1.165, 1.54) is 5.39 Å². The molecule has 0 radical (unpaired) electrons. The highest BCUT2D eigenvalue weighted by Gasteiger charge is 2.03. The molecule has 0 spiro atoms. The van der Waals surface area contributed by atoms with Gasteiger partial charge in [-0.05, 0) is 11.5 Å². The fourth-order valence-electron chi connectivity index (χ4n) is 1.85. The SMILES string of the molecule is Clc1ccnc2c1ccc1ccccc12. The Kier molecular flexibility index (Phi) is 1.86. The van der Waals surface area contributed by atoms with E-state index in [0.29, 0.717) is 0 Å². The fraction of sp³-hybridized carbons (Fsp3) is 0. The van der Waals surface area contributed by atoms with Crippen molar-refractivity contribution in [1.82, 2.24) is 4.98 Å². The lowest BCUT2D eigenvalue weighted by Gasteiger charge is -2.03. The highest BCUT2D eigenvalue weighted by Crippen LogP contribution is 2.27. The standard InChI is InChI=1S/C13H8ClN/c14-12-7-8-15-13-10-4-2-1-3-9(10)5-6-11(12)13/h1-8H. The summed E-state index contributed by atoms with van der Waals surface area (Å²) in [4.78, 5) is 4.39. The lowest BCUT2D eigenvalue weighted by Crippen LogP contribution is -1.81. The van der Waals surface area contributed by atoms with Crippen LogP contribution in [0.2, 0.25) is 5.02 Å². The van der Waals surface area contributed by atoms with Gasteiger partial charge in [-0.15, -0.1) is 0 Å². The molecule has 72 valence electrons. The van der Waals surface area contributed by atoms with Gasteiger partial charge in [0.2, 0.25) is 0 Å². The molecule has 1 nitrogen and oxygen atoms in total.